The lowest BCUT2D eigenvalue weighted by molar-refractivity contribution is -0.140. The quantitative estimate of drug-likeness (QED) is 0.411. The first kappa shape index (κ1) is 29.9. The Balaban J connectivity index is 1.55. The van der Waals surface area contributed by atoms with Gasteiger partial charge in [-0.25, -0.2) is 4.79 Å². The SMILES string of the molecule is CN(C)c1ccc(C(=O)NCCCCCCn2c(=O)c(C(F)(F)F)cn([C@H]3CCC(CO)O3)c2=O)cc1C#N. The molecule has 1 fully saturated rings. The molecule has 0 aliphatic carbocycles. The van der Waals surface area contributed by atoms with Crippen LogP contribution in [-0.2, 0) is 17.5 Å². The Kier molecular flexibility index (Phi) is 9.93. The van der Waals surface area contributed by atoms with Gasteiger partial charge in [-0.15, -0.1) is 0 Å². The van der Waals surface area contributed by atoms with E-state index in [4.69, 9.17) is 4.74 Å². The maximum Gasteiger partial charge on any atom is 0.423 e. The largest absolute Gasteiger partial charge is 0.423 e. The van der Waals surface area contributed by atoms with Gasteiger partial charge in [0.15, 0.2) is 0 Å². The Morgan fingerprint density at radius 3 is 2.54 bits per heavy atom. The van der Waals surface area contributed by atoms with E-state index in [0.29, 0.717) is 59.8 Å². The average molecular weight is 552 g/mol. The van der Waals surface area contributed by atoms with Gasteiger partial charge in [0.1, 0.15) is 17.9 Å². The number of benzene rings is 1. The number of alkyl halides is 3. The first-order valence-electron chi connectivity index (χ1n) is 12.7. The second-order valence-electron chi connectivity index (χ2n) is 9.57. The summed E-state index contributed by atoms with van der Waals surface area (Å²) in [5.41, 5.74) is -2.30. The lowest BCUT2D eigenvalue weighted by atomic mass is 10.1. The number of amides is 1. The molecule has 13 heteroatoms. The van der Waals surface area contributed by atoms with Crippen LogP contribution in [0.2, 0.25) is 0 Å². The van der Waals surface area contributed by atoms with Crippen LogP contribution >= 0.6 is 0 Å². The molecule has 39 heavy (non-hydrogen) atoms. The molecule has 1 amide bonds. The van der Waals surface area contributed by atoms with Crippen LogP contribution in [0.1, 0.15) is 66.2 Å². The number of carbonyl (C=O) groups is 1. The number of rotatable bonds is 11. The maximum atomic E-state index is 13.5. The number of hydrogen-bond donors (Lipinski definition) is 2. The number of aromatic nitrogens is 2. The van der Waals surface area contributed by atoms with Gasteiger partial charge in [0, 0.05) is 38.9 Å². The summed E-state index contributed by atoms with van der Waals surface area (Å²) in [6, 6.07) is 6.92. The van der Waals surface area contributed by atoms with Crippen LogP contribution in [0.4, 0.5) is 18.9 Å². The molecule has 1 unspecified atom stereocenters. The number of ether oxygens (including phenoxy) is 1. The van der Waals surface area contributed by atoms with Crippen LogP contribution in [0.15, 0.2) is 34.0 Å². The molecule has 10 nitrogen and oxygen atoms in total. The third kappa shape index (κ3) is 7.27. The Labute approximate surface area is 223 Å². The van der Waals surface area contributed by atoms with Crippen molar-refractivity contribution in [3.05, 3.63) is 61.9 Å². The summed E-state index contributed by atoms with van der Waals surface area (Å²) in [4.78, 5) is 39.5. The molecule has 2 N–H and O–H groups in total. The van der Waals surface area contributed by atoms with Crippen molar-refractivity contribution in [2.45, 2.75) is 63.6 Å². The van der Waals surface area contributed by atoms with Crippen molar-refractivity contribution in [2.75, 3.05) is 32.1 Å². The number of nitriles is 1. The number of unbranched alkanes of at least 4 members (excludes halogenated alkanes) is 3. The molecule has 1 saturated heterocycles. The van der Waals surface area contributed by atoms with E-state index in [1.54, 1.807) is 31.1 Å². The first-order valence-corrected chi connectivity index (χ1v) is 12.7. The predicted octanol–water partition coefficient (Wildman–Crippen LogP) is 2.63. The van der Waals surface area contributed by atoms with E-state index in [9.17, 15) is 37.9 Å². The van der Waals surface area contributed by atoms with Gasteiger partial charge in [-0.2, -0.15) is 18.4 Å². The number of carbonyl (C=O) groups excluding carboxylic acids is 1. The van der Waals surface area contributed by atoms with Gasteiger partial charge in [0.25, 0.3) is 11.5 Å². The molecule has 0 bridgehead atoms. The Morgan fingerprint density at radius 1 is 1.21 bits per heavy atom. The molecule has 0 radical (unpaired) electrons. The van der Waals surface area contributed by atoms with Gasteiger partial charge in [-0.05, 0) is 43.9 Å². The molecule has 1 aliphatic rings. The number of nitrogens with zero attached hydrogens (tertiary/aromatic N) is 4. The van der Waals surface area contributed by atoms with Gasteiger partial charge >= 0.3 is 11.9 Å². The molecule has 1 aliphatic heterocycles. The van der Waals surface area contributed by atoms with E-state index in [-0.39, 0.29) is 31.9 Å². The average Bonchev–Trinajstić information content (AvgIpc) is 3.37. The van der Waals surface area contributed by atoms with Gasteiger partial charge in [0.05, 0.1) is 24.0 Å². The van der Waals surface area contributed by atoms with Crippen molar-refractivity contribution in [2.24, 2.45) is 0 Å². The van der Waals surface area contributed by atoms with E-state index in [1.165, 1.54) is 6.07 Å². The smallest absolute Gasteiger partial charge is 0.394 e. The summed E-state index contributed by atoms with van der Waals surface area (Å²) in [5, 5.41) is 21.3. The van der Waals surface area contributed by atoms with Crippen LogP contribution in [0.5, 0.6) is 0 Å². The molecule has 3 rings (SSSR count). The van der Waals surface area contributed by atoms with Crippen LogP contribution < -0.4 is 21.5 Å². The third-order valence-electron chi connectivity index (χ3n) is 6.56. The highest BCUT2D eigenvalue weighted by atomic mass is 19.4. The molecule has 2 heterocycles. The summed E-state index contributed by atoms with van der Waals surface area (Å²) in [7, 11) is 3.60. The van der Waals surface area contributed by atoms with Crippen molar-refractivity contribution in [3.63, 3.8) is 0 Å². The Bertz CT molecular complexity index is 1330. The predicted molar refractivity (Wildman–Crippen MR) is 136 cm³/mol. The molecule has 1 aromatic heterocycles. The number of anilines is 1. The molecule has 1 aromatic carbocycles. The van der Waals surface area contributed by atoms with Gasteiger partial charge in [0.2, 0.25) is 0 Å². The molecule has 0 spiro atoms. The minimum Gasteiger partial charge on any atom is -0.394 e. The van der Waals surface area contributed by atoms with Crippen LogP contribution in [0.3, 0.4) is 0 Å². The molecule has 0 saturated carbocycles. The zero-order valence-electron chi connectivity index (χ0n) is 21.8. The zero-order chi connectivity index (χ0) is 28.7. The third-order valence-corrected chi connectivity index (χ3v) is 6.56. The number of halogens is 3. The van der Waals surface area contributed by atoms with Crippen molar-refractivity contribution in [3.8, 4) is 6.07 Å². The van der Waals surface area contributed by atoms with E-state index in [2.05, 4.69) is 11.4 Å². The summed E-state index contributed by atoms with van der Waals surface area (Å²) in [6.45, 7) is -0.169. The highest BCUT2D eigenvalue weighted by Crippen LogP contribution is 2.30. The number of nitrogens with one attached hydrogen (secondary N) is 1. The van der Waals surface area contributed by atoms with Crippen molar-refractivity contribution >= 4 is 11.6 Å². The van der Waals surface area contributed by atoms with E-state index >= 15 is 0 Å². The monoisotopic (exact) mass is 551 g/mol. The van der Waals surface area contributed by atoms with Crippen molar-refractivity contribution < 1.29 is 27.8 Å². The Hall–Kier alpha value is -3.63. The van der Waals surface area contributed by atoms with Gasteiger partial charge in [-0.1, -0.05) is 12.8 Å². The summed E-state index contributed by atoms with van der Waals surface area (Å²) in [5.74, 6) is -0.328. The second kappa shape index (κ2) is 12.9. The van der Waals surface area contributed by atoms with Gasteiger partial charge in [-0.3, -0.25) is 18.7 Å². The molecular weight excluding hydrogens is 519 g/mol. The fourth-order valence-corrected chi connectivity index (χ4v) is 4.45. The summed E-state index contributed by atoms with van der Waals surface area (Å²) < 4.78 is 47.4. The highest BCUT2D eigenvalue weighted by Gasteiger charge is 2.37. The maximum absolute atomic E-state index is 13.5. The van der Waals surface area contributed by atoms with Crippen molar-refractivity contribution in [1.82, 2.24) is 14.5 Å². The van der Waals surface area contributed by atoms with Crippen LogP contribution in [-0.4, -0.2) is 53.5 Å². The topological polar surface area (TPSA) is 130 Å². The summed E-state index contributed by atoms with van der Waals surface area (Å²) >= 11 is 0. The van der Waals surface area contributed by atoms with Crippen molar-refractivity contribution in [1.29, 1.82) is 5.26 Å². The minimum atomic E-state index is -4.94. The molecule has 2 atom stereocenters. The van der Waals surface area contributed by atoms with E-state index in [1.807, 2.05) is 0 Å². The normalized spacial score (nSPS) is 17.2. The second-order valence-corrected chi connectivity index (χ2v) is 9.57. The standard InChI is InChI=1S/C26H32F3N5O5/c1-32(2)21-9-7-17(13-18(21)14-30)23(36)31-11-5-3-4-6-12-33-24(37)20(26(27,28)29)15-34(25(33)38)22-10-8-19(16-35)39-22/h7,9,13,15,19,22,35H,3-6,8,10-12,16H2,1-2H3,(H,31,36)/t19?,22-/m1/s1. The molecule has 212 valence electrons. The fourth-order valence-electron chi connectivity index (χ4n) is 4.45. The zero-order valence-corrected chi connectivity index (χ0v) is 21.8. The lowest BCUT2D eigenvalue weighted by Gasteiger charge is -2.19. The minimum absolute atomic E-state index is 0.195. The number of aliphatic hydroxyl groups is 1. The molecular formula is C26H32F3N5O5. The lowest BCUT2D eigenvalue weighted by Crippen LogP contribution is -2.44. The Morgan fingerprint density at radius 2 is 1.92 bits per heavy atom. The first-order chi connectivity index (χ1) is 18.5. The van der Waals surface area contributed by atoms with Crippen LogP contribution in [0.25, 0.3) is 0 Å². The van der Waals surface area contributed by atoms with Gasteiger partial charge < -0.3 is 20.1 Å². The van der Waals surface area contributed by atoms with E-state index < -0.39 is 35.3 Å². The molecule has 2 aromatic rings. The number of hydrogen-bond acceptors (Lipinski definition) is 7. The highest BCUT2D eigenvalue weighted by molar-refractivity contribution is 5.95. The summed E-state index contributed by atoms with van der Waals surface area (Å²) in [6.07, 6.45) is -3.41. The number of aliphatic hydroxyl groups excluding tert-OH is 1. The van der Waals surface area contributed by atoms with Crippen LogP contribution in [0, 0.1) is 11.3 Å². The van der Waals surface area contributed by atoms with E-state index in [0.717, 1.165) is 4.57 Å². The fraction of sp³-hybridized carbons (Fsp3) is 0.538.